The van der Waals surface area contributed by atoms with E-state index in [4.69, 9.17) is 10.1 Å². The smallest absolute Gasteiger partial charge is 0.303 e. The Hall–Kier alpha value is -2.87. The van der Waals surface area contributed by atoms with Crippen molar-refractivity contribution in [2.75, 3.05) is 18.4 Å². The third-order valence-corrected chi connectivity index (χ3v) is 5.94. The van der Waals surface area contributed by atoms with Crippen LogP contribution in [0.1, 0.15) is 55.5 Å². The summed E-state index contributed by atoms with van der Waals surface area (Å²) >= 11 is 1.73. The van der Waals surface area contributed by atoms with Crippen molar-refractivity contribution in [3.63, 3.8) is 0 Å². The summed E-state index contributed by atoms with van der Waals surface area (Å²) in [4.78, 5) is 31.2. The van der Waals surface area contributed by atoms with Crippen LogP contribution in [0.2, 0.25) is 0 Å². The average molecular weight is 443 g/mol. The molecule has 0 saturated heterocycles. The molecule has 166 valence electrons. The summed E-state index contributed by atoms with van der Waals surface area (Å²) in [5.74, 6) is -0.258. The van der Waals surface area contributed by atoms with Crippen LogP contribution in [-0.2, 0) is 16.1 Å². The highest BCUT2D eigenvalue weighted by Gasteiger charge is 2.23. The molecule has 0 spiro atoms. The van der Waals surface area contributed by atoms with Gasteiger partial charge >= 0.3 is 5.97 Å². The molecule has 0 unspecified atom stereocenters. The Morgan fingerprint density at radius 1 is 1.16 bits per heavy atom. The Morgan fingerprint density at radius 2 is 1.90 bits per heavy atom. The number of nitrogens with one attached hydrogen (secondary N) is 2. The number of nitrogens with zero attached hydrogens (tertiary/aromatic N) is 2. The molecule has 1 aliphatic heterocycles. The Balaban J connectivity index is 1.88. The number of anilines is 2. The first-order valence-corrected chi connectivity index (χ1v) is 11.6. The minimum atomic E-state index is -0.973. The van der Waals surface area contributed by atoms with Gasteiger partial charge in [-0.05, 0) is 43.5 Å². The molecule has 1 aliphatic rings. The lowest BCUT2D eigenvalue weighted by Crippen LogP contribution is -2.33. The molecular weight excluding hydrogens is 412 g/mol. The number of hydrogen-bond donors (Lipinski definition) is 3. The van der Waals surface area contributed by atoms with E-state index in [-0.39, 0.29) is 18.7 Å². The molecule has 0 fully saturated rings. The number of rotatable bonds is 9. The normalized spacial score (nSPS) is 12.2. The molecule has 0 bridgehead atoms. The number of thiophene rings is 1. The van der Waals surface area contributed by atoms with E-state index in [9.17, 15) is 9.59 Å². The van der Waals surface area contributed by atoms with Crippen molar-refractivity contribution < 1.29 is 14.7 Å². The lowest BCUT2D eigenvalue weighted by molar-refractivity contribution is -0.138. The summed E-state index contributed by atoms with van der Waals surface area (Å²) in [5.41, 5.74) is 3.83. The molecule has 1 aromatic carbocycles. The van der Waals surface area contributed by atoms with Crippen LogP contribution in [0.25, 0.3) is 0 Å². The van der Waals surface area contributed by atoms with Gasteiger partial charge in [-0.1, -0.05) is 19.9 Å². The summed E-state index contributed by atoms with van der Waals surface area (Å²) < 4.78 is 0. The van der Waals surface area contributed by atoms with Gasteiger partial charge < -0.3 is 20.6 Å². The highest BCUT2D eigenvalue weighted by atomic mass is 32.1. The van der Waals surface area contributed by atoms with Crippen LogP contribution < -0.4 is 10.6 Å². The van der Waals surface area contributed by atoms with Crippen LogP contribution in [0.5, 0.6) is 0 Å². The minimum absolute atomic E-state index is 0.0212. The second kappa shape index (κ2) is 10.4. The van der Waals surface area contributed by atoms with E-state index < -0.39 is 5.97 Å². The summed E-state index contributed by atoms with van der Waals surface area (Å²) in [6.45, 7) is 8.68. The molecule has 0 atom stereocenters. The lowest BCUT2D eigenvalue weighted by Gasteiger charge is -2.25. The molecule has 2 heterocycles. The fourth-order valence-corrected chi connectivity index (χ4v) is 4.49. The molecule has 0 aliphatic carbocycles. The topological polar surface area (TPSA) is 94.0 Å². The zero-order chi connectivity index (χ0) is 22.4. The number of carboxylic acid groups (broad SMARTS) is 1. The number of aliphatic carboxylic acids is 1. The van der Waals surface area contributed by atoms with Gasteiger partial charge in [0, 0.05) is 30.9 Å². The molecule has 0 radical (unpaired) electrons. The van der Waals surface area contributed by atoms with Crippen LogP contribution >= 0.6 is 11.3 Å². The quantitative estimate of drug-likeness (QED) is 0.519. The van der Waals surface area contributed by atoms with E-state index in [1.165, 1.54) is 4.88 Å². The molecule has 2 aromatic rings. The SMILES string of the molecule is CCCN(CCC)C1=Nc2cc(CNC(=O)CCC(=O)O)ccc2Nc2sc(C)cc21. The Bertz CT molecular complexity index is 977. The number of aryl methyl sites for hydroxylation is 1. The number of amides is 1. The highest BCUT2D eigenvalue weighted by Crippen LogP contribution is 2.39. The third-order valence-electron chi connectivity index (χ3n) is 4.98. The van der Waals surface area contributed by atoms with Crippen LogP contribution in [0.4, 0.5) is 16.4 Å². The third kappa shape index (κ3) is 5.85. The van der Waals surface area contributed by atoms with Crippen molar-refractivity contribution >= 4 is 45.4 Å². The molecule has 31 heavy (non-hydrogen) atoms. The molecule has 8 heteroatoms. The fourth-order valence-electron chi connectivity index (χ4n) is 3.57. The van der Waals surface area contributed by atoms with Gasteiger partial charge in [0.15, 0.2) is 0 Å². The predicted molar refractivity (Wildman–Crippen MR) is 126 cm³/mol. The summed E-state index contributed by atoms with van der Waals surface area (Å²) in [6.07, 6.45) is 1.90. The number of carbonyl (C=O) groups excluding carboxylic acids is 1. The molecule has 7 nitrogen and oxygen atoms in total. The predicted octanol–water partition coefficient (Wildman–Crippen LogP) is 4.79. The minimum Gasteiger partial charge on any atom is -0.481 e. The summed E-state index contributed by atoms with van der Waals surface area (Å²) in [7, 11) is 0. The van der Waals surface area contributed by atoms with Crippen molar-refractivity contribution in [1.82, 2.24) is 10.2 Å². The average Bonchev–Trinajstić information content (AvgIpc) is 3.02. The van der Waals surface area contributed by atoms with Crippen molar-refractivity contribution in [3.8, 4) is 0 Å². The van der Waals surface area contributed by atoms with E-state index >= 15 is 0 Å². The van der Waals surface area contributed by atoms with Gasteiger partial charge in [-0.25, -0.2) is 4.99 Å². The molecule has 1 amide bonds. The summed E-state index contributed by atoms with van der Waals surface area (Å²) in [5, 5.41) is 16.2. The Labute approximate surface area is 187 Å². The maximum absolute atomic E-state index is 11.9. The molecule has 3 N–H and O–H groups in total. The monoisotopic (exact) mass is 442 g/mol. The van der Waals surface area contributed by atoms with E-state index in [0.29, 0.717) is 6.54 Å². The van der Waals surface area contributed by atoms with Gasteiger partial charge in [0.1, 0.15) is 10.8 Å². The molecular formula is C23H30N4O3S. The molecule has 3 rings (SSSR count). The van der Waals surface area contributed by atoms with Crippen LogP contribution in [-0.4, -0.2) is 40.8 Å². The number of carbonyl (C=O) groups is 2. The zero-order valence-corrected chi connectivity index (χ0v) is 19.1. The second-order valence-corrected chi connectivity index (χ2v) is 8.93. The van der Waals surface area contributed by atoms with Crippen molar-refractivity contribution in [2.45, 2.75) is 53.0 Å². The summed E-state index contributed by atoms with van der Waals surface area (Å²) in [6, 6.07) is 8.13. The van der Waals surface area contributed by atoms with Crippen molar-refractivity contribution in [2.24, 2.45) is 4.99 Å². The van der Waals surface area contributed by atoms with Gasteiger partial charge in [-0.2, -0.15) is 0 Å². The number of hydrogen-bond acceptors (Lipinski definition) is 6. The van der Waals surface area contributed by atoms with Crippen LogP contribution in [0, 0.1) is 6.92 Å². The maximum Gasteiger partial charge on any atom is 0.303 e. The lowest BCUT2D eigenvalue weighted by atomic mass is 10.1. The van der Waals surface area contributed by atoms with E-state index in [1.807, 2.05) is 18.2 Å². The Kier molecular flexibility index (Phi) is 7.68. The van der Waals surface area contributed by atoms with Gasteiger partial charge in [0.25, 0.3) is 0 Å². The van der Waals surface area contributed by atoms with Crippen LogP contribution in [0.15, 0.2) is 29.3 Å². The first-order chi connectivity index (χ1) is 14.9. The number of carboxylic acids is 1. The van der Waals surface area contributed by atoms with E-state index in [0.717, 1.165) is 59.3 Å². The number of benzene rings is 1. The van der Waals surface area contributed by atoms with E-state index in [1.54, 1.807) is 11.3 Å². The van der Waals surface area contributed by atoms with Crippen molar-refractivity contribution in [3.05, 3.63) is 40.3 Å². The second-order valence-electron chi connectivity index (χ2n) is 7.67. The first kappa shape index (κ1) is 22.8. The Morgan fingerprint density at radius 3 is 2.58 bits per heavy atom. The molecule has 1 aromatic heterocycles. The molecule has 0 saturated carbocycles. The fraction of sp³-hybridized carbons (Fsp3) is 0.435. The van der Waals surface area contributed by atoms with Crippen LogP contribution in [0.3, 0.4) is 0 Å². The van der Waals surface area contributed by atoms with Gasteiger partial charge in [-0.3, -0.25) is 9.59 Å². The standard InChI is InChI=1S/C23H30N4O3S/c1-4-10-27(11-5-2)22-17-12-15(3)31-23(17)26-18-7-6-16(13-19(18)25-22)14-24-20(28)8-9-21(29)30/h6-7,12-13,26H,4-5,8-11,14H2,1-3H3,(H,24,28)(H,29,30). The van der Waals surface area contributed by atoms with Gasteiger partial charge in [0.2, 0.25) is 5.91 Å². The highest BCUT2D eigenvalue weighted by molar-refractivity contribution is 7.16. The van der Waals surface area contributed by atoms with Gasteiger partial charge in [0.05, 0.1) is 23.4 Å². The number of fused-ring (bicyclic) bond motifs is 2. The first-order valence-electron chi connectivity index (χ1n) is 10.7. The zero-order valence-electron chi connectivity index (χ0n) is 18.3. The number of amidine groups is 1. The van der Waals surface area contributed by atoms with Gasteiger partial charge in [-0.15, -0.1) is 11.3 Å². The van der Waals surface area contributed by atoms with Crippen molar-refractivity contribution in [1.29, 1.82) is 0 Å². The van der Waals surface area contributed by atoms with E-state index in [2.05, 4.69) is 42.4 Å². The largest absolute Gasteiger partial charge is 0.481 e. The number of aliphatic imine (C=N–C) groups is 1. The maximum atomic E-state index is 11.9.